The van der Waals surface area contributed by atoms with E-state index in [0.717, 1.165) is 42.9 Å². The summed E-state index contributed by atoms with van der Waals surface area (Å²) >= 11 is 0. The Bertz CT molecular complexity index is 2120. The first-order chi connectivity index (χ1) is 19.3. The molecule has 0 aliphatic heterocycles. The van der Waals surface area contributed by atoms with Gasteiger partial charge >= 0.3 is 0 Å². The number of benzene rings is 5. The van der Waals surface area contributed by atoms with Crippen molar-refractivity contribution in [2.75, 3.05) is 24.7 Å². The molecule has 0 radical (unpaired) electrons. The monoisotopic (exact) mass is 520 g/mol. The van der Waals surface area contributed by atoms with Gasteiger partial charge in [-0.1, -0.05) is 66.7 Å². The van der Waals surface area contributed by atoms with Crippen LogP contribution in [0.5, 0.6) is 0 Å². The first-order valence-corrected chi connectivity index (χ1v) is 12.7. The van der Waals surface area contributed by atoms with Crippen molar-refractivity contribution in [2.45, 2.75) is 6.92 Å². The number of nitrogen functional groups attached to an aromatic ring is 1. The van der Waals surface area contributed by atoms with Gasteiger partial charge in [-0.2, -0.15) is 20.3 Å². The molecule has 5 aromatic carbocycles. The first-order valence-electron chi connectivity index (χ1n) is 12.7. The van der Waals surface area contributed by atoms with Crippen molar-refractivity contribution >= 4 is 49.5 Å². The second-order valence-electron chi connectivity index (χ2n) is 9.95. The average molecular weight is 521 g/mol. The molecule has 7 heteroatoms. The number of nitrogens with two attached hydrogens (primary N) is 1. The number of rotatable bonds is 4. The van der Waals surface area contributed by atoms with Crippen LogP contribution >= 0.6 is 0 Å². The number of nitriles is 2. The highest BCUT2D eigenvalue weighted by molar-refractivity contribution is 6.26. The van der Waals surface area contributed by atoms with Crippen LogP contribution in [-0.4, -0.2) is 24.5 Å². The summed E-state index contributed by atoms with van der Waals surface area (Å²) in [4.78, 5) is 15.5. The fourth-order valence-corrected chi connectivity index (χ4v) is 5.47. The Morgan fingerprint density at radius 3 is 2.05 bits per heavy atom. The molecule has 0 amide bonds. The van der Waals surface area contributed by atoms with E-state index in [1.54, 1.807) is 19.1 Å². The van der Waals surface area contributed by atoms with Gasteiger partial charge in [0, 0.05) is 30.9 Å². The Labute approximate surface area is 230 Å². The maximum absolute atomic E-state index is 13.6. The molecule has 192 valence electrons. The minimum absolute atomic E-state index is 0.0284. The summed E-state index contributed by atoms with van der Waals surface area (Å²) in [5, 5.41) is 31.4. The van der Waals surface area contributed by atoms with Crippen molar-refractivity contribution in [1.29, 1.82) is 10.5 Å². The lowest BCUT2D eigenvalue weighted by atomic mass is 9.91. The molecule has 6 rings (SSSR count). The molecule has 0 atom stereocenters. The predicted molar refractivity (Wildman–Crippen MR) is 162 cm³/mol. The Kier molecular flexibility index (Phi) is 5.71. The van der Waals surface area contributed by atoms with E-state index >= 15 is 0 Å². The van der Waals surface area contributed by atoms with Crippen molar-refractivity contribution in [3.8, 4) is 23.3 Å². The van der Waals surface area contributed by atoms with Crippen LogP contribution in [0, 0.1) is 22.7 Å². The molecule has 0 aliphatic carbocycles. The summed E-state index contributed by atoms with van der Waals surface area (Å²) in [5.41, 5.74) is 8.64. The summed E-state index contributed by atoms with van der Waals surface area (Å²) in [7, 11) is 3.83. The zero-order valence-corrected chi connectivity index (χ0v) is 22.2. The van der Waals surface area contributed by atoms with Gasteiger partial charge in [-0.05, 0) is 56.9 Å². The normalized spacial score (nSPS) is 11.7. The van der Waals surface area contributed by atoms with Crippen LogP contribution in [0.2, 0.25) is 0 Å². The lowest BCUT2D eigenvalue weighted by Crippen LogP contribution is -2.26. The summed E-state index contributed by atoms with van der Waals surface area (Å²) in [6.07, 6.45) is 0. The minimum atomic E-state index is -0.678. The number of aromatic nitrogens is 1. The van der Waals surface area contributed by atoms with Crippen LogP contribution in [0.4, 0.5) is 11.5 Å². The fourth-order valence-electron chi connectivity index (χ4n) is 5.47. The molecule has 1 aromatic heterocycles. The molecular formula is C33H24N6O. The van der Waals surface area contributed by atoms with Crippen LogP contribution in [0.3, 0.4) is 0 Å². The molecule has 0 saturated heterocycles. The van der Waals surface area contributed by atoms with E-state index in [1.807, 2.05) is 55.4 Å². The van der Waals surface area contributed by atoms with Crippen LogP contribution in [0.1, 0.15) is 23.6 Å². The molecule has 0 saturated carbocycles. The minimum Gasteiger partial charge on any atom is -0.382 e. The third-order valence-corrected chi connectivity index (χ3v) is 7.46. The molecular weight excluding hydrogens is 496 g/mol. The van der Waals surface area contributed by atoms with Crippen molar-refractivity contribution < 1.29 is 0 Å². The van der Waals surface area contributed by atoms with E-state index in [-0.39, 0.29) is 22.5 Å². The van der Waals surface area contributed by atoms with Crippen molar-refractivity contribution in [2.24, 2.45) is 5.10 Å². The fraction of sp³-hybridized carbons (Fsp3) is 0.0909. The Morgan fingerprint density at radius 1 is 0.825 bits per heavy atom. The summed E-state index contributed by atoms with van der Waals surface area (Å²) in [6, 6.07) is 30.0. The van der Waals surface area contributed by atoms with Crippen molar-refractivity contribution in [1.82, 2.24) is 4.68 Å². The van der Waals surface area contributed by atoms with Gasteiger partial charge in [0.25, 0.3) is 5.56 Å². The number of nitrogens with zero attached hydrogens (tertiary/aromatic N) is 5. The number of hydrogen-bond donors (Lipinski definition) is 1. The third kappa shape index (κ3) is 3.65. The lowest BCUT2D eigenvalue weighted by Gasteiger charge is -2.16. The van der Waals surface area contributed by atoms with Crippen molar-refractivity contribution in [3.63, 3.8) is 0 Å². The number of anilines is 2. The Balaban J connectivity index is 1.57. The molecule has 1 heterocycles. The second kappa shape index (κ2) is 9.27. The van der Waals surface area contributed by atoms with Crippen molar-refractivity contribution in [3.05, 3.63) is 106 Å². The maximum atomic E-state index is 13.6. The van der Waals surface area contributed by atoms with Gasteiger partial charge in [0.15, 0.2) is 0 Å². The standard InChI is InChI=1S/C33H24N6O/c1-19(25-15-11-23-8-7-20-5-4-6-21-12-16-26(25)31(23)29(20)21)37-39-32(36)27(17-34)30(28(18-35)33(39)40)22-9-13-24(14-10-22)38(2)3/h4-16H,36H2,1-3H3/b37-19+. The summed E-state index contributed by atoms with van der Waals surface area (Å²) < 4.78 is 0.974. The second-order valence-corrected chi connectivity index (χ2v) is 9.95. The highest BCUT2D eigenvalue weighted by Crippen LogP contribution is 2.36. The molecule has 40 heavy (non-hydrogen) atoms. The van der Waals surface area contributed by atoms with Crippen LogP contribution < -0.4 is 16.2 Å². The molecule has 2 N–H and O–H groups in total. The highest BCUT2D eigenvalue weighted by Gasteiger charge is 2.22. The Hall–Kier alpha value is -5.66. The van der Waals surface area contributed by atoms with Gasteiger partial charge < -0.3 is 10.6 Å². The molecule has 0 aliphatic rings. The quantitative estimate of drug-likeness (QED) is 0.224. The van der Waals surface area contributed by atoms with E-state index in [2.05, 4.69) is 47.6 Å². The summed E-state index contributed by atoms with van der Waals surface area (Å²) in [5.74, 6) is -0.116. The van der Waals surface area contributed by atoms with Crippen LogP contribution in [-0.2, 0) is 0 Å². The Morgan fingerprint density at radius 2 is 1.43 bits per heavy atom. The predicted octanol–water partition coefficient (Wildman–Crippen LogP) is 6.08. The molecule has 0 unspecified atom stereocenters. The van der Waals surface area contributed by atoms with Crippen LogP contribution in [0.15, 0.2) is 88.8 Å². The number of hydrogen-bond acceptors (Lipinski definition) is 6. The van der Waals surface area contributed by atoms with E-state index in [0.29, 0.717) is 11.3 Å². The van der Waals surface area contributed by atoms with Gasteiger partial charge in [-0.3, -0.25) is 4.79 Å². The SMILES string of the molecule is C/C(=N\n1c(N)c(C#N)c(-c2ccc(N(C)C)cc2)c(C#N)c1=O)c1ccc2ccc3cccc4ccc1c2c34. The van der Waals surface area contributed by atoms with Gasteiger partial charge in [-0.25, -0.2) is 0 Å². The smallest absolute Gasteiger partial charge is 0.291 e. The average Bonchev–Trinajstić information content (AvgIpc) is 2.97. The van der Waals surface area contributed by atoms with E-state index in [1.165, 1.54) is 5.39 Å². The molecule has 7 nitrogen and oxygen atoms in total. The van der Waals surface area contributed by atoms with E-state index in [9.17, 15) is 15.3 Å². The molecule has 0 fully saturated rings. The van der Waals surface area contributed by atoms with E-state index < -0.39 is 5.56 Å². The number of pyridine rings is 1. The summed E-state index contributed by atoms with van der Waals surface area (Å²) in [6.45, 7) is 1.80. The van der Waals surface area contributed by atoms with Gasteiger partial charge in [0.05, 0.1) is 5.71 Å². The van der Waals surface area contributed by atoms with Gasteiger partial charge in [-0.15, -0.1) is 0 Å². The maximum Gasteiger partial charge on any atom is 0.291 e. The zero-order chi connectivity index (χ0) is 28.1. The molecule has 0 spiro atoms. The lowest BCUT2D eigenvalue weighted by molar-refractivity contribution is 0.835. The highest BCUT2D eigenvalue weighted by atomic mass is 16.1. The molecule has 0 bridgehead atoms. The molecule has 6 aromatic rings. The topological polar surface area (TPSA) is 111 Å². The zero-order valence-electron chi connectivity index (χ0n) is 22.2. The van der Waals surface area contributed by atoms with Gasteiger partial charge in [0.2, 0.25) is 0 Å². The van der Waals surface area contributed by atoms with E-state index in [4.69, 9.17) is 5.73 Å². The largest absolute Gasteiger partial charge is 0.382 e. The first kappa shape index (κ1) is 24.7. The van der Waals surface area contributed by atoms with Crippen LogP contribution in [0.25, 0.3) is 43.4 Å². The van der Waals surface area contributed by atoms with Gasteiger partial charge in [0.1, 0.15) is 29.1 Å². The third-order valence-electron chi connectivity index (χ3n) is 7.46.